The first-order valence-electron chi connectivity index (χ1n) is 4.87. The zero-order valence-electron chi connectivity index (χ0n) is 9.16. The number of hydrogen-bond acceptors (Lipinski definition) is 3. The molecule has 0 aliphatic rings. The zero-order valence-corrected chi connectivity index (χ0v) is 9.97. The minimum atomic E-state index is 0.250. The van der Waals surface area contributed by atoms with Crippen molar-refractivity contribution in [2.75, 3.05) is 11.5 Å². The van der Waals surface area contributed by atoms with Gasteiger partial charge in [-0.05, 0) is 30.4 Å². The van der Waals surface area contributed by atoms with Crippen LogP contribution in [0.5, 0.6) is 0 Å². The molecule has 82 valence electrons. The molecule has 1 rings (SSSR count). The lowest BCUT2D eigenvalue weighted by Gasteiger charge is -2.00. The van der Waals surface area contributed by atoms with E-state index >= 15 is 0 Å². The van der Waals surface area contributed by atoms with Crippen LogP contribution >= 0.6 is 11.8 Å². The summed E-state index contributed by atoms with van der Waals surface area (Å²) in [4.78, 5) is 16.2. The van der Waals surface area contributed by atoms with Gasteiger partial charge >= 0.3 is 6.15 Å². The van der Waals surface area contributed by atoms with Crippen LogP contribution in [-0.4, -0.2) is 17.7 Å². The summed E-state index contributed by atoms with van der Waals surface area (Å²) in [7, 11) is 0. The molecular formula is C12H16O2S. The first kappa shape index (κ1) is 13.9. The highest BCUT2D eigenvalue weighted by Crippen LogP contribution is 2.07. The Morgan fingerprint density at radius 2 is 1.73 bits per heavy atom. The molecule has 0 fully saturated rings. The van der Waals surface area contributed by atoms with E-state index in [-0.39, 0.29) is 6.15 Å². The van der Waals surface area contributed by atoms with Crippen molar-refractivity contribution in [3.05, 3.63) is 35.4 Å². The Hall–Kier alpha value is -1.05. The van der Waals surface area contributed by atoms with Gasteiger partial charge in [-0.3, -0.25) is 0 Å². The molecule has 1 aromatic carbocycles. The van der Waals surface area contributed by atoms with Gasteiger partial charge in [-0.15, -0.1) is 0 Å². The standard InChI is InChI=1S/C11H16S.CO2/c1-3-12-9-8-11-6-4-10(2)5-7-11;2-1-3/h4-7H,3,8-9H2,1-2H3;. The molecule has 0 radical (unpaired) electrons. The average Bonchev–Trinajstić information content (AvgIpc) is 2.23. The molecule has 0 N–H and O–H groups in total. The van der Waals surface area contributed by atoms with E-state index < -0.39 is 0 Å². The summed E-state index contributed by atoms with van der Waals surface area (Å²) in [5, 5.41) is 0. The topological polar surface area (TPSA) is 34.1 Å². The maximum absolute atomic E-state index is 8.12. The van der Waals surface area contributed by atoms with E-state index in [1.807, 2.05) is 11.8 Å². The monoisotopic (exact) mass is 224 g/mol. The van der Waals surface area contributed by atoms with E-state index in [4.69, 9.17) is 9.59 Å². The molecule has 15 heavy (non-hydrogen) atoms. The van der Waals surface area contributed by atoms with Gasteiger partial charge in [0.2, 0.25) is 0 Å². The summed E-state index contributed by atoms with van der Waals surface area (Å²) in [6.45, 7) is 4.34. The highest BCUT2D eigenvalue weighted by atomic mass is 32.2. The Balaban J connectivity index is 0.000000583. The largest absolute Gasteiger partial charge is 0.373 e. The van der Waals surface area contributed by atoms with Gasteiger partial charge in [0.15, 0.2) is 0 Å². The second kappa shape index (κ2) is 9.50. The molecule has 0 heterocycles. The van der Waals surface area contributed by atoms with Gasteiger partial charge in [-0.2, -0.15) is 21.4 Å². The van der Waals surface area contributed by atoms with Crippen LogP contribution in [-0.2, 0) is 16.0 Å². The lowest BCUT2D eigenvalue weighted by Crippen LogP contribution is -1.88. The molecule has 0 atom stereocenters. The number of aryl methyl sites for hydroxylation is 2. The summed E-state index contributed by atoms with van der Waals surface area (Å²) in [6, 6.07) is 8.83. The second-order valence-electron chi connectivity index (χ2n) is 3.02. The summed E-state index contributed by atoms with van der Waals surface area (Å²) < 4.78 is 0. The van der Waals surface area contributed by atoms with Crippen molar-refractivity contribution < 1.29 is 9.59 Å². The smallest absolute Gasteiger partial charge is 0.186 e. The van der Waals surface area contributed by atoms with Crippen molar-refractivity contribution in [3.63, 3.8) is 0 Å². The molecule has 2 nitrogen and oxygen atoms in total. The second-order valence-corrected chi connectivity index (χ2v) is 4.41. The lowest BCUT2D eigenvalue weighted by atomic mass is 10.1. The van der Waals surface area contributed by atoms with E-state index in [0.29, 0.717) is 0 Å². The van der Waals surface area contributed by atoms with E-state index in [2.05, 4.69) is 38.1 Å². The highest BCUT2D eigenvalue weighted by molar-refractivity contribution is 7.99. The number of carbonyl (C=O) groups excluding carboxylic acids is 2. The van der Waals surface area contributed by atoms with Gasteiger partial charge in [-0.1, -0.05) is 36.8 Å². The van der Waals surface area contributed by atoms with Gasteiger partial charge in [0.1, 0.15) is 0 Å². The van der Waals surface area contributed by atoms with Crippen molar-refractivity contribution in [1.82, 2.24) is 0 Å². The van der Waals surface area contributed by atoms with Crippen molar-refractivity contribution in [2.24, 2.45) is 0 Å². The molecule has 0 saturated heterocycles. The van der Waals surface area contributed by atoms with Gasteiger partial charge in [-0.25, -0.2) is 0 Å². The maximum Gasteiger partial charge on any atom is 0.373 e. The van der Waals surface area contributed by atoms with Gasteiger partial charge in [0.05, 0.1) is 0 Å². The Bertz CT molecular complexity index is 287. The highest BCUT2D eigenvalue weighted by Gasteiger charge is 1.91. The van der Waals surface area contributed by atoms with Crippen LogP contribution in [0.25, 0.3) is 0 Å². The van der Waals surface area contributed by atoms with E-state index in [1.54, 1.807) is 0 Å². The Kier molecular flexibility index (Phi) is 8.84. The lowest BCUT2D eigenvalue weighted by molar-refractivity contribution is -0.191. The molecule has 0 saturated carbocycles. The number of thioether (sulfide) groups is 1. The minimum absolute atomic E-state index is 0.250. The van der Waals surface area contributed by atoms with Crippen molar-refractivity contribution >= 4 is 17.9 Å². The summed E-state index contributed by atoms with van der Waals surface area (Å²) >= 11 is 2.01. The van der Waals surface area contributed by atoms with Gasteiger partial charge in [0, 0.05) is 0 Å². The fourth-order valence-corrected chi connectivity index (χ4v) is 1.76. The Morgan fingerprint density at radius 1 is 1.20 bits per heavy atom. The van der Waals surface area contributed by atoms with Crippen LogP contribution in [0.1, 0.15) is 18.1 Å². The molecule has 0 bridgehead atoms. The third kappa shape index (κ3) is 7.98. The number of hydrogen-bond donors (Lipinski definition) is 0. The van der Waals surface area contributed by atoms with Crippen molar-refractivity contribution in [2.45, 2.75) is 20.3 Å². The zero-order chi connectivity index (χ0) is 11.5. The Labute approximate surface area is 95.1 Å². The molecule has 0 aliphatic heterocycles. The molecule has 0 aromatic heterocycles. The third-order valence-electron chi connectivity index (χ3n) is 1.86. The fraction of sp³-hybridized carbons (Fsp3) is 0.417. The maximum atomic E-state index is 8.12. The van der Waals surface area contributed by atoms with Gasteiger partial charge in [0.25, 0.3) is 0 Å². The number of rotatable bonds is 4. The van der Waals surface area contributed by atoms with Crippen LogP contribution < -0.4 is 0 Å². The van der Waals surface area contributed by atoms with E-state index in [1.165, 1.54) is 29.1 Å². The molecule has 0 amide bonds. The molecule has 0 unspecified atom stereocenters. The van der Waals surface area contributed by atoms with E-state index in [0.717, 1.165) is 0 Å². The van der Waals surface area contributed by atoms with Crippen LogP contribution in [0.3, 0.4) is 0 Å². The first-order valence-corrected chi connectivity index (χ1v) is 6.02. The Morgan fingerprint density at radius 3 is 2.20 bits per heavy atom. The van der Waals surface area contributed by atoms with Crippen LogP contribution in [0, 0.1) is 6.92 Å². The minimum Gasteiger partial charge on any atom is -0.186 e. The van der Waals surface area contributed by atoms with Crippen LogP contribution in [0.4, 0.5) is 0 Å². The summed E-state index contributed by atoms with van der Waals surface area (Å²) in [5.41, 5.74) is 2.81. The molecule has 1 aromatic rings. The SMILES string of the molecule is CCSCCc1ccc(C)cc1.O=C=O. The molecular weight excluding hydrogens is 208 g/mol. The molecule has 0 spiro atoms. The summed E-state index contributed by atoms with van der Waals surface area (Å²) in [6.07, 6.45) is 1.46. The normalized spacial score (nSPS) is 8.67. The van der Waals surface area contributed by atoms with Crippen molar-refractivity contribution in [3.8, 4) is 0 Å². The number of benzene rings is 1. The van der Waals surface area contributed by atoms with Crippen molar-refractivity contribution in [1.29, 1.82) is 0 Å². The quantitative estimate of drug-likeness (QED) is 0.737. The average molecular weight is 224 g/mol. The summed E-state index contributed by atoms with van der Waals surface area (Å²) in [5.74, 6) is 2.48. The van der Waals surface area contributed by atoms with Crippen LogP contribution in [0.2, 0.25) is 0 Å². The third-order valence-corrected chi connectivity index (χ3v) is 2.76. The predicted molar refractivity (Wildman–Crippen MR) is 62.9 cm³/mol. The van der Waals surface area contributed by atoms with Gasteiger partial charge < -0.3 is 0 Å². The predicted octanol–water partition coefficient (Wildman–Crippen LogP) is 2.71. The molecule has 3 heteroatoms. The fourth-order valence-electron chi connectivity index (χ4n) is 1.09. The molecule has 0 aliphatic carbocycles. The first-order chi connectivity index (χ1) is 7.24. The van der Waals surface area contributed by atoms with E-state index in [9.17, 15) is 0 Å². The van der Waals surface area contributed by atoms with Crippen LogP contribution in [0.15, 0.2) is 24.3 Å².